The van der Waals surface area contributed by atoms with Gasteiger partial charge in [0, 0.05) is 24.9 Å². The second-order valence-corrected chi connectivity index (χ2v) is 8.13. The molecule has 0 radical (unpaired) electrons. The Morgan fingerprint density at radius 3 is 2.65 bits per heavy atom. The highest BCUT2D eigenvalue weighted by Gasteiger charge is 2.49. The van der Waals surface area contributed by atoms with Gasteiger partial charge in [-0.2, -0.15) is 0 Å². The van der Waals surface area contributed by atoms with Crippen LogP contribution in [0.25, 0.3) is 0 Å². The number of hydrazine groups is 1. The first kappa shape index (κ1) is 18.6. The lowest BCUT2D eigenvalue weighted by atomic mass is 10.0. The Bertz CT molecular complexity index is 712. The van der Waals surface area contributed by atoms with E-state index in [1.54, 1.807) is 0 Å². The molecule has 1 aromatic carbocycles. The van der Waals surface area contributed by atoms with E-state index >= 15 is 0 Å². The Hall–Kier alpha value is -2.21. The van der Waals surface area contributed by atoms with Crippen molar-refractivity contribution in [2.45, 2.75) is 65.1 Å². The van der Waals surface area contributed by atoms with Crippen LogP contribution in [0.15, 0.2) is 35.5 Å². The summed E-state index contributed by atoms with van der Waals surface area (Å²) in [5.41, 5.74) is 1.51. The van der Waals surface area contributed by atoms with Crippen molar-refractivity contribution < 1.29 is 14.4 Å². The monoisotopic (exact) mass is 357 g/mol. The molecule has 2 amide bonds. The van der Waals surface area contributed by atoms with Crippen LogP contribution in [-0.2, 0) is 21.0 Å². The molecule has 6 heteroatoms. The fraction of sp³-hybridized carbons (Fsp3) is 0.550. The van der Waals surface area contributed by atoms with Crippen LogP contribution in [-0.4, -0.2) is 39.2 Å². The Balaban J connectivity index is 1.76. The van der Waals surface area contributed by atoms with Gasteiger partial charge in [0.15, 0.2) is 0 Å². The molecule has 0 bridgehead atoms. The van der Waals surface area contributed by atoms with Crippen LogP contribution in [0, 0.1) is 5.92 Å². The van der Waals surface area contributed by atoms with Gasteiger partial charge in [-0.25, -0.2) is 10.0 Å². The molecule has 0 saturated carbocycles. The summed E-state index contributed by atoms with van der Waals surface area (Å²) in [7, 11) is 0. The van der Waals surface area contributed by atoms with Gasteiger partial charge >= 0.3 is 0 Å². The minimum Gasteiger partial charge on any atom is -0.382 e. The summed E-state index contributed by atoms with van der Waals surface area (Å²) < 4.78 is 0. The number of benzene rings is 1. The summed E-state index contributed by atoms with van der Waals surface area (Å²) in [5, 5.41) is 7.20. The smallest absolute Gasteiger partial charge is 0.288 e. The molecule has 0 unspecified atom stereocenters. The first-order chi connectivity index (χ1) is 12.3. The van der Waals surface area contributed by atoms with Gasteiger partial charge in [-0.1, -0.05) is 49.3 Å². The number of hydrogen-bond acceptors (Lipinski definition) is 5. The summed E-state index contributed by atoms with van der Waals surface area (Å²) in [6.07, 6.45) is 0.856. The van der Waals surface area contributed by atoms with E-state index in [1.165, 1.54) is 5.01 Å². The average molecular weight is 357 g/mol. The van der Waals surface area contributed by atoms with Gasteiger partial charge in [-0.3, -0.25) is 9.59 Å². The quantitative estimate of drug-likeness (QED) is 0.760. The van der Waals surface area contributed by atoms with Crippen LogP contribution in [0.2, 0.25) is 0 Å². The highest BCUT2D eigenvalue weighted by Crippen LogP contribution is 2.33. The van der Waals surface area contributed by atoms with Crippen molar-refractivity contribution in [1.29, 1.82) is 0 Å². The van der Waals surface area contributed by atoms with E-state index in [9.17, 15) is 9.59 Å². The molecule has 26 heavy (non-hydrogen) atoms. The molecular formula is C20H27N3O3. The molecule has 0 aromatic heterocycles. The molecule has 2 heterocycles. The Morgan fingerprint density at radius 2 is 2.00 bits per heavy atom. The third-order valence-electron chi connectivity index (χ3n) is 4.79. The number of amides is 2. The molecule has 6 nitrogen and oxygen atoms in total. The largest absolute Gasteiger partial charge is 0.382 e. The van der Waals surface area contributed by atoms with Crippen molar-refractivity contribution in [3.8, 4) is 0 Å². The Kier molecular flexibility index (Phi) is 5.14. The SMILES string of the molecule is CC(C)CC1=NO[C@H](C(=O)N2C(=O)CC(C)(C)N2Cc2ccccc2)C1. The fourth-order valence-electron chi connectivity index (χ4n) is 3.51. The van der Waals surface area contributed by atoms with Gasteiger partial charge in [0.05, 0.1) is 5.71 Å². The summed E-state index contributed by atoms with van der Waals surface area (Å²) in [4.78, 5) is 31.0. The second kappa shape index (κ2) is 7.19. The lowest BCUT2D eigenvalue weighted by Gasteiger charge is -2.35. The Labute approximate surface area is 154 Å². The van der Waals surface area contributed by atoms with Gasteiger partial charge in [0.25, 0.3) is 5.91 Å². The van der Waals surface area contributed by atoms with Crippen LogP contribution in [0.1, 0.15) is 52.5 Å². The van der Waals surface area contributed by atoms with Gasteiger partial charge in [-0.15, -0.1) is 0 Å². The molecular weight excluding hydrogens is 330 g/mol. The van der Waals surface area contributed by atoms with E-state index in [2.05, 4.69) is 19.0 Å². The molecule has 0 N–H and O–H groups in total. The summed E-state index contributed by atoms with van der Waals surface area (Å²) in [5.74, 6) is -0.0519. The molecule has 2 aliphatic heterocycles. The zero-order valence-electron chi connectivity index (χ0n) is 15.9. The van der Waals surface area contributed by atoms with Crippen molar-refractivity contribution >= 4 is 17.5 Å². The number of oxime groups is 1. The van der Waals surface area contributed by atoms with E-state index in [0.29, 0.717) is 25.3 Å². The zero-order valence-corrected chi connectivity index (χ0v) is 15.9. The number of carbonyl (C=O) groups is 2. The van der Waals surface area contributed by atoms with Crippen LogP contribution >= 0.6 is 0 Å². The number of nitrogens with zero attached hydrogens (tertiary/aromatic N) is 3. The van der Waals surface area contributed by atoms with E-state index in [1.807, 2.05) is 49.2 Å². The number of hydrogen-bond donors (Lipinski definition) is 0. The van der Waals surface area contributed by atoms with Crippen molar-refractivity contribution in [2.75, 3.05) is 0 Å². The van der Waals surface area contributed by atoms with Crippen LogP contribution in [0.5, 0.6) is 0 Å². The van der Waals surface area contributed by atoms with Crippen molar-refractivity contribution in [3.63, 3.8) is 0 Å². The van der Waals surface area contributed by atoms with E-state index in [-0.39, 0.29) is 11.8 Å². The third kappa shape index (κ3) is 3.80. The number of rotatable bonds is 5. The standard InChI is InChI=1S/C20H27N3O3/c1-14(2)10-16-11-17(26-21-16)19(25)23-18(24)12-20(3,4)22(23)13-15-8-6-5-7-9-15/h5-9,14,17H,10-13H2,1-4H3/t17-/m0/s1. The highest BCUT2D eigenvalue weighted by atomic mass is 16.6. The number of imide groups is 1. The van der Waals surface area contributed by atoms with Gasteiger partial charge in [-0.05, 0) is 31.7 Å². The van der Waals surface area contributed by atoms with Crippen molar-refractivity contribution in [2.24, 2.45) is 11.1 Å². The molecule has 1 fully saturated rings. The van der Waals surface area contributed by atoms with E-state index < -0.39 is 11.6 Å². The molecule has 140 valence electrons. The molecule has 1 atom stereocenters. The van der Waals surface area contributed by atoms with E-state index in [0.717, 1.165) is 17.7 Å². The third-order valence-corrected chi connectivity index (χ3v) is 4.79. The Morgan fingerprint density at radius 1 is 1.31 bits per heavy atom. The predicted molar refractivity (Wildman–Crippen MR) is 98.9 cm³/mol. The first-order valence-electron chi connectivity index (χ1n) is 9.18. The first-order valence-corrected chi connectivity index (χ1v) is 9.18. The van der Waals surface area contributed by atoms with E-state index in [4.69, 9.17) is 4.84 Å². The van der Waals surface area contributed by atoms with Gasteiger partial charge in [0.2, 0.25) is 12.0 Å². The van der Waals surface area contributed by atoms with Gasteiger partial charge in [0.1, 0.15) is 0 Å². The molecule has 2 aliphatic rings. The lowest BCUT2D eigenvalue weighted by molar-refractivity contribution is -0.169. The molecule has 0 spiro atoms. The second-order valence-electron chi connectivity index (χ2n) is 8.13. The van der Waals surface area contributed by atoms with Crippen molar-refractivity contribution in [3.05, 3.63) is 35.9 Å². The summed E-state index contributed by atoms with van der Waals surface area (Å²) >= 11 is 0. The number of carbonyl (C=O) groups excluding carboxylic acids is 2. The maximum atomic E-state index is 13.0. The maximum Gasteiger partial charge on any atom is 0.288 e. The maximum absolute atomic E-state index is 13.0. The molecule has 0 aliphatic carbocycles. The minimum atomic E-state index is -0.708. The van der Waals surface area contributed by atoms with Crippen molar-refractivity contribution in [1.82, 2.24) is 10.0 Å². The normalized spacial score (nSPS) is 22.7. The van der Waals surface area contributed by atoms with Gasteiger partial charge < -0.3 is 4.84 Å². The minimum absolute atomic E-state index is 0.183. The molecule has 1 aromatic rings. The lowest BCUT2D eigenvalue weighted by Crippen LogP contribution is -2.52. The molecule has 1 saturated heterocycles. The summed E-state index contributed by atoms with van der Waals surface area (Å²) in [6.45, 7) is 8.67. The highest BCUT2D eigenvalue weighted by molar-refractivity contribution is 6.01. The predicted octanol–water partition coefficient (Wildman–Crippen LogP) is 3.13. The average Bonchev–Trinajstić information content (AvgIpc) is 3.10. The van der Waals surface area contributed by atoms with Crippen LogP contribution in [0.3, 0.4) is 0 Å². The topological polar surface area (TPSA) is 62.2 Å². The summed E-state index contributed by atoms with van der Waals surface area (Å²) in [6, 6.07) is 9.86. The molecule has 3 rings (SSSR count). The van der Waals surface area contributed by atoms with Crippen LogP contribution < -0.4 is 0 Å². The zero-order chi connectivity index (χ0) is 18.9. The van der Waals surface area contributed by atoms with Crippen LogP contribution in [0.4, 0.5) is 0 Å². The fourth-order valence-corrected chi connectivity index (χ4v) is 3.51.